The minimum absolute atomic E-state index is 0.0506. The van der Waals surface area contributed by atoms with Gasteiger partial charge in [-0.25, -0.2) is 0 Å². The van der Waals surface area contributed by atoms with E-state index in [0.29, 0.717) is 6.42 Å². The molecule has 4 heteroatoms. The fourth-order valence-electron chi connectivity index (χ4n) is 2.06. The molecule has 1 aliphatic rings. The van der Waals surface area contributed by atoms with Crippen molar-refractivity contribution in [2.24, 2.45) is 11.7 Å². The second-order valence-electron chi connectivity index (χ2n) is 4.27. The number of nitrogens with two attached hydrogens (primary N) is 1. The first-order valence-corrected chi connectivity index (χ1v) is 5.18. The smallest absolute Gasteiger partial charge is 0.307 e. The predicted octanol–water partition coefficient (Wildman–Crippen LogP) is 1.47. The number of amidine groups is 1. The molecule has 0 saturated heterocycles. The van der Waals surface area contributed by atoms with Crippen LogP contribution in [0.25, 0.3) is 0 Å². The molecule has 16 heavy (non-hydrogen) atoms. The summed E-state index contributed by atoms with van der Waals surface area (Å²) in [4.78, 5) is 10.8. The Labute approximate surface area is 93.6 Å². The summed E-state index contributed by atoms with van der Waals surface area (Å²) in [5.41, 5.74) is 8.11. The lowest BCUT2D eigenvalue weighted by atomic mass is 10.0. The highest BCUT2D eigenvalue weighted by Gasteiger charge is 2.44. The lowest BCUT2D eigenvalue weighted by molar-refractivity contribution is -0.138. The molecule has 1 fully saturated rings. The molecule has 0 heterocycles. The first-order valence-electron chi connectivity index (χ1n) is 5.18. The number of rotatable bonds is 3. The van der Waals surface area contributed by atoms with Crippen LogP contribution in [0, 0.1) is 18.3 Å². The zero-order valence-corrected chi connectivity index (χ0v) is 9.03. The maximum absolute atomic E-state index is 10.8. The number of nitrogen functional groups attached to an aromatic ring is 1. The number of hydrogen-bond acceptors (Lipinski definition) is 2. The van der Waals surface area contributed by atoms with Gasteiger partial charge in [0.2, 0.25) is 0 Å². The summed E-state index contributed by atoms with van der Waals surface area (Å²) in [7, 11) is 0. The van der Waals surface area contributed by atoms with E-state index < -0.39 is 5.97 Å². The van der Waals surface area contributed by atoms with Gasteiger partial charge in [0, 0.05) is 5.56 Å². The minimum atomic E-state index is -0.724. The van der Waals surface area contributed by atoms with Gasteiger partial charge in [0.05, 0.1) is 5.92 Å². The SMILES string of the molecule is Cc1cc(C2CC2C(=O)O)ccc1C(=N)N. The minimum Gasteiger partial charge on any atom is -0.481 e. The van der Waals surface area contributed by atoms with Gasteiger partial charge in [-0.15, -0.1) is 0 Å². The highest BCUT2D eigenvalue weighted by Crippen LogP contribution is 2.47. The van der Waals surface area contributed by atoms with Crippen molar-refractivity contribution in [1.29, 1.82) is 5.41 Å². The van der Waals surface area contributed by atoms with Gasteiger partial charge in [0.25, 0.3) is 0 Å². The van der Waals surface area contributed by atoms with Crippen LogP contribution in [0.15, 0.2) is 18.2 Å². The van der Waals surface area contributed by atoms with Crippen LogP contribution in [0.4, 0.5) is 0 Å². The van der Waals surface area contributed by atoms with Gasteiger partial charge >= 0.3 is 5.97 Å². The third-order valence-electron chi connectivity index (χ3n) is 3.08. The molecule has 4 N–H and O–H groups in total. The Kier molecular flexibility index (Phi) is 2.42. The van der Waals surface area contributed by atoms with Crippen LogP contribution in [0.1, 0.15) is 29.0 Å². The number of carboxylic acid groups (broad SMARTS) is 1. The summed E-state index contributed by atoms with van der Waals surface area (Å²) in [6, 6.07) is 5.60. The molecule has 1 aromatic rings. The number of carboxylic acids is 1. The van der Waals surface area contributed by atoms with Crippen LogP contribution in [0.5, 0.6) is 0 Å². The van der Waals surface area contributed by atoms with E-state index >= 15 is 0 Å². The lowest BCUT2D eigenvalue weighted by Gasteiger charge is -2.06. The van der Waals surface area contributed by atoms with Crippen molar-refractivity contribution >= 4 is 11.8 Å². The molecule has 0 aromatic heterocycles. The summed E-state index contributed by atoms with van der Waals surface area (Å²) in [5, 5.41) is 16.2. The van der Waals surface area contributed by atoms with Crippen molar-refractivity contribution in [1.82, 2.24) is 0 Å². The van der Waals surface area contributed by atoms with Crippen molar-refractivity contribution in [3.8, 4) is 0 Å². The van der Waals surface area contributed by atoms with Gasteiger partial charge in [-0.3, -0.25) is 10.2 Å². The van der Waals surface area contributed by atoms with Crippen LogP contribution in [0.3, 0.4) is 0 Å². The van der Waals surface area contributed by atoms with E-state index in [1.807, 2.05) is 19.1 Å². The Morgan fingerprint density at radius 3 is 2.69 bits per heavy atom. The van der Waals surface area contributed by atoms with E-state index in [1.165, 1.54) is 0 Å². The maximum atomic E-state index is 10.8. The first kappa shape index (κ1) is 10.7. The molecular formula is C12H14N2O2. The topological polar surface area (TPSA) is 87.2 Å². The average Bonchev–Trinajstić information content (AvgIpc) is 2.96. The third-order valence-corrected chi connectivity index (χ3v) is 3.08. The van der Waals surface area contributed by atoms with Crippen molar-refractivity contribution in [2.45, 2.75) is 19.3 Å². The van der Waals surface area contributed by atoms with Crippen LogP contribution in [-0.4, -0.2) is 16.9 Å². The molecule has 0 aliphatic heterocycles. The Hall–Kier alpha value is -1.84. The quantitative estimate of drug-likeness (QED) is 0.530. The highest BCUT2D eigenvalue weighted by molar-refractivity contribution is 5.96. The largest absolute Gasteiger partial charge is 0.481 e. The molecule has 0 radical (unpaired) electrons. The highest BCUT2D eigenvalue weighted by atomic mass is 16.4. The zero-order valence-electron chi connectivity index (χ0n) is 9.03. The van der Waals surface area contributed by atoms with E-state index in [0.717, 1.165) is 16.7 Å². The van der Waals surface area contributed by atoms with Gasteiger partial charge in [0.15, 0.2) is 0 Å². The third kappa shape index (κ3) is 1.78. The van der Waals surface area contributed by atoms with Gasteiger partial charge in [0.1, 0.15) is 5.84 Å². The summed E-state index contributed by atoms with van der Waals surface area (Å²) in [6.07, 6.45) is 0.716. The molecule has 2 atom stereocenters. The molecule has 0 bridgehead atoms. The number of carbonyl (C=O) groups is 1. The number of aliphatic carboxylic acids is 1. The second-order valence-corrected chi connectivity index (χ2v) is 4.27. The van der Waals surface area contributed by atoms with Crippen molar-refractivity contribution < 1.29 is 9.90 Å². The molecule has 2 unspecified atom stereocenters. The maximum Gasteiger partial charge on any atom is 0.307 e. The molecule has 1 aliphatic carbocycles. The van der Waals surface area contributed by atoms with Gasteiger partial charge in [-0.2, -0.15) is 0 Å². The second kappa shape index (κ2) is 3.63. The molecule has 4 nitrogen and oxygen atoms in total. The molecule has 1 saturated carbocycles. The number of benzene rings is 1. The van der Waals surface area contributed by atoms with Gasteiger partial charge in [-0.05, 0) is 30.4 Å². The summed E-state index contributed by atoms with van der Waals surface area (Å²) in [6.45, 7) is 1.89. The van der Waals surface area contributed by atoms with Gasteiger partial charge < -0.3 is 10.8 Å². The van der Waals surface area contributed by atoms with Crippen molar-refractivity contribution in [2.75, 3.05) is 0 Å². The van der Waals surface area contributed by atoms with Crippen LogP contribution >= 0.6 is 0 Å². The van der Waals surface area contributed by atoms with Crippen LogP contribution in [-0.2, 0) is 4.79 Å². The average molecular weight is 218 g/mol. The van der Waals surface area contributed by atoms with E-state index in [1.54, 1.807) is 6.07 Å². The predicted molar refractivity (Wildman–Crippen MR) is 60.7 cm³/mol. The van der Waals surface area contributed by atoms with E-state index in [2.05, 4.69) is 0 Å². The molecule has 0 spiro atoms. The molecule has 2 rings (SSSR count). The Bertz CT molecular complexity index is 468. The number of nitrogens with one attached hydrogen (secondary N) is 1. The monoisotopic (exact) mass is 218 g/mol. The van der Waals surface area contributed by atoms with Crippen LogP contribution in [0.2, 0.25) is 0 Å². The van der Waals surface area contributed by atoms with Gasteiger partial charge in [-0.1, -0.05) is 18.2 Å². The zero-order chi connectivity index (χ0) is 11.9. The lowest BCUT2D eigenvalue weighted by Crippen LogP contribution is -2.12. The summed E-state index contributed by atoms with van der Waals surface area (Å²) >= 11 is 0. The number of aryl methyl sites for hydroxylation is 1. The first-order chi connectivity index (χ1) is 7.50. The number of hydrogen-bond donors (Lipinski definition) is 3. The van der Waals surface area contributed by atoms with Crippen LogP contribution < -0.4 is 5.73 Å². The molecule has 84 valence electrons. The fourth-order valence-corrected chi connectivity index (χ4v) is 2.06. The Morgan fingerprint density at radius 2 is 2.25 bits per heavy atom. The Morgan fingerprint density at radius 1 is 1.56 bits per heavy atom. The Balaban J connectivity index is 2.23. The fraction of sp³-hybridized carbons (Fsp3) is 0.333. The summed E-state index contributed by atoms with van der Waals surface area (Å²) in [5.74, 6) is -0.771. The van der Waals surface area contributed by atoms with E-state index in [-0.39, 0.29) is 17.7 Å². The molecule has 0 amide bonds. The van der Waals surface area contributed by atoms with E-state index in [9.17, 15) is 4.79 Å². The summed E-state index contributed by atoms with van der Waals surface area (Å²) < 4.78 is 0. The van der Waals surface area contributed by atoms with Crippen molar-refractivity contribution in [3.05, 3.63) is 34.9 Å². The van der Waals surface area contributed by atoms with Crippen molar-refractivity contribution in [3.63, 3.8) is 0 Å². The van der Waals surface area contributed by atoms with E-state index in [4.69, 9.17) is 16.2 Å². The molecular weight excluding hydrogens is 204 g/mol. The normalized spacial score (nSPS) is 22.8. The molecule has 1 aromatic carbocycles. The standard InChI is InChI=1S/C12H14N2O2/c1-6-4-7(2-3-8(6)11(13)14)9-5-10(9)12(15)16/h2-4,9-10H,5H2,1H3,(H3,13,14)(H,15,16).